The number of hydrogen-bond acceptors (Lipinski definition) is 3. The molecule has 104 valence electrons. The number of nitrogens with one attached hydrogen (secondary N) is 1. The van der Waals surface area contributed by atoms with Gasteiger partial charge in [0, 0.05) is 18.5 Å². The van der Waals surface area contributed by atoms with E-state index in [2.05, 4.69) is 41.3 Å². The maximum atomic E-state index is 5.47. The summed E-state index contributed by atoms with van der Waals surface area (Å²) >= 11 is 0. The smallest absolute Gasteiger partial charge is 0.130 e. The van der Waals surface area contributed by atoms with Crippen LogP contribution in [0.3, 0.4) is 0 Å². The molecule has 1 heterocycles. The van der Waals surface area contributed by atoms with Crippen LogP contribution >= 0.6 is 0 Å². The summed E-state index contributed by atoms with van der Waals surface area (Å²) in [5.41, 5.74) is 2.28. The quantitative estimate of drug-likeness (QED) is 0.816. The Morgan fingerprint density at radius 3 is 2.85 bits per heavy atom. The topological polar surface area (TPSA) is 28.2 Å². The molecule has 0 radical (unpaired) electrons. The molecule has 0 saturated carbocycles. The van der Waals surface area contributed by atoms with E-state index in [9.17, 15) is 0 Å². The number of para-hydroxylation sites is 1. The van der Waals surface area contributed by atoms with E-state index in [1.54, 1.807) is 0 Å². The summed E-state index contributed by atoms with van der Waals surface area (Å²) in [6, 6.07) is 10.4. The second kappa shape index (κ2) is 6.93. The van der Waals surface area contributed by atoms with Gasteiger partial charge in [0.25, 0.3) is 0 Å². The van der Waals surface area contributed by atoms with E-state index in [1.165, 1.54) is 10.9 Å². The minimum Gasteiger partial charge on any atom is -0.345 e. The lowest BCUT2D eigenvalue weighted by molar-refractivity contribution is 0.800. The van der Waals surface area contributed by atoms with Crippen molar-refractivity contribution in [3.8, 4) is 12.3 Å². The van der Waals surface area contributed by atoms with Gasteiger partial charge in [-0.2, -0.15) is 0 Å². The van der Waals surface area contributed by atoms with Crippen molar-refractivity contribution in [2.75, 3.05) is 25.0 Å². The Labute approximate surface area is 121 Å². The van der Waals surface area contributed by atoms with Gasteiger partial charge >= 0.3 is 0 Å². The lowest BCUT2D eigenvalue weighted by atomic mass is 10.1. The van der Waals surface area contributed by atoms with E-state index in [0.29, 0.717) is 6.54 Å². The van der Waals surface area contributed by atoms with Gasteiger partial charge in [-0.15, -0.1) is 6.42 Å². The number of aromatic nitrogens is 1. The summed E-state index contributed by atoms with van der Waals surface area (Å²) in [7, 11) is 1.96. The SMILES string of the molecule is C#CCN(CCC)c1cc(CNC)c2ccccc2n1. The van der Waals surface area contributed by atoms with Gasteiger partial charge in [-0.05, 0) is 31.2 Å². The zero-order valence-electron chi connectivity index (χ0n) is 12.2. The first kappa shape index (κ1) is 14.4. The molecule has 0 unspecified atom stereocenters. The Kier molecular flexibility index (Phi) is 4.97. The van der Waals surface area contributed by atoms with Crippen molar-refractivity contribution in [1.29, 1.82) is 0 Å². The van der Waals surface area contributed by atoms with Gasteiger partial charge in [-0.1, -0.05) is 31.0 Å². The second-order valence-electron chi connectivity index (χ2n) is 4.81. The van der Waals surface area contributed by atoms with E-state index in [-0.39, 0.29) is 0 Å². The van der Waals surface area contributed by atoms with Gasteiger partial charge in [0.05, 0.1) is 12.1 Å². The molecule has 2 aromatic rings. The molecule has 20 heavy (non-hydrogen) atoms. The lowest BCUT2D eigenvalue weighted by Gasteiger charge is -2.22. The van der Waals surface area contributed by atoms with Crippen molar-refractivity contribution in [3.05, 3.63) is 35.9 Å². The zero-order chi connectivity index (χ0) is 14.4. The van der Waals surface area contributed by atoms with Gasteiger partial charge in [0.1, 0.15) is 5.82 Å². The first-order chi connectivity index (χ1) is 9.80. The molecule has 0 aliphatic carbocycles. The van der Waals surface area contributed by atoms with Crippen LogP contribution in [0.25, 0.3) is 10.9 Å². The fourth-order valence-electron chi connectivity index (χ4n) is 2.39. The average Bonchev–Trinajstić information content (AvgIpc) is 2.47. The van der Waals surface area contributed by atoms with Crippen LogP contribution in [0, 0.1) is 12.3 Å². The van der Waals surface area contributed by atoms with Crippen molar-refractivity contribution in [3.63, 3.8) is 0 Å². The number of fused-ring (bicyclic) bond motifs is 1. The number of hydrogen-bond donors (Lipinski definition) is 1. The fraction of sp³-hybridized carbons (Fsp3) is 0.353. The monoisotopic (exact) mass is 267 g/mol. The molecule has 0 spiro atoms. The van der Waals surface area contributed by atoms with Gasteiger partial charge in [0.2, 0.25) is 0 Å². The summed E-state index contributed by atoms with van der Waals surface area (Å²) < 4.78 is 0. The summed E-state index contributed by atoms with van der Waals surface area (Å²) in [5, 5.41) is 4.42. The van der Waals surface area contributed by atoms with Crippen molar-refractivity contribution in [2.45, 2.75) is 19.9 Å². The molecule has 0 saturated heterocycles. The summed E-state index contributed by atoms with van der Waals surface area (Å²) in [6.07, 6.45) is 6.53. The van der Waals surface area contributed by atoms with Crippen molar-refractivity contribution < 1.29 is 0 Å². The number of pyridine rings is 1. The molecule has 1 aromatic carbocycles. The van der Waals surface area contributed by atoms with E-state index >= 15 is 0 Å². The van der Waals surface area contributed by atoms with E-state index in [0.717, 1.165) is 30.8 Å². The molecule has 0 aliphatic heterocycles. The molecule has 0 bridgehead atoms. The van der Waals surface area contributed by atoms with E-state index in [1.807, 2.05) is 19.2 Å². The number of benzene rings is 1. The normalized spacial score (nSPS) is 10.4. The Bertz CT molecular complexity index is 613. The molecule has 0 atom stereocenters. The minimum atomic E-state index is 0.595. The molecular weight excluding hydrogens is 246 g/mol. The maximum Gasteiger partial charge on any atom is 0.130 e. The standard InChI is InChI=1S/C17H21N3/c1-4-10-20(11-5-2)17-12-14(13-18-3)15-8-6-7-9-16(15)19-17/h1,6-9,12,18H,5,10-11,13H2,2-3H3. The highest BCUT2D eigenvalue weighted by molar-refractivity contribution is 5.84. The highest BCUT2D eigenvalue weighted by Crippen LogP contribution is 2.23. The Balaban J connectivity index is 2.50. The number of anilines is 1. The van der Waals surface area contributed by atoms with Crippen molar-refractivity contribution in [1.82, 2.24) is 10.3 Å². The Hall–Kier alpha value is -2.05. The third-order valence-corrected chi connectivity index (χ3v) is 3.26. The van der Waals surface area contributed by atoms with Gasteiger partial charge < -0.3 is 10.2 Å². The Morgan fingerprint density at radius 2 is 2.15 bits per heavy atom. The van der Waals surface area contributed by atoms with Crippen LogP contribution in [0.2, 0.25) is 0 Å². The van der Waals surface area contributed by atoms with Crippen molar-refractivity contribution >= 4 is 16.7 Å². The fourth-order valence-corrected chi connectivity index (χ4v) is 2.39. The molecule has 0 fully saturated rings. The van der Waals surface area contributed by atoms with E-state index in [4.69, 9.17) is 11.4 Å². The van der Waals surface area contributed by atoms with Gasteiger partial charge in [-0.3, -0.25) is 0 Å². The Morgan fingerprint density at radius 1 is 1.35 bits per heavy atom. The predicted molar refractivity (Wildman–Crippen MR) is 85.8 cm³/mol. The third kappa shape index (κ3) is 3.09. The van der Waals surface area contributed by atoms with Crippen LogP contribution in [-0.4, -0.2) is 25.1 Å². The lowest BCUT2D eigenvalue weighted by Crippen LogP contribution is -2.25. The molecule has 0 aliphatic rings. The molecule has 1 N–H and O–H groups in total. The van der Waals surface area contributed by atoms with Crippen LogP contribution in [0.1, 0.15) is 18.9 Å². The highest BCUT2D eigenvalue weighted by Gasteiger charge is 2.10. The van der Waals surface area contributed by atoms with Crippen LogP contribution in [0.4, 0.5) is 5.82 Å². The van der Waals surface area contributed by atoms with Crippen LogP contribution in [-0.2, 0) is 6.54 Å². The van der Waals surface area contributed by atoms with Crippen LogP contribution < -0.4 is 10.2 Å². The molecule has 0 amide bonds. The summed E-state index contributed by atoms with van der Waals surface area (Å²) in [6.45, 7) is 4.50. The number of terminal acetylenes is 1. The first-order valence-electron chi connectivity index (χ1n) is 7.01. The molecule has 3 heteroatoms. The average molecular weight is 267 g/mol. The van der Waals surface area contributed by atoms with E-state index < -0.39 is 0 Å². The zero-order valence-corrected chi connectivity index (χ0v) is 12.2. The summed E-state index contributed by atoms with van der Waals surface area (Å²) in [4.78, 5) is 6.92. The maximum absolute atomic E-state index is 5.47. The number of rotatable bonds is 6. The molecule has 3 nitrogen and oxygen atoms in total. The third-order valence-electron chi connectivity index (χ3n) is 3.26. The molecular formula is C17H21N3. The molecule has 1 aromatic heterocycles. The largest absolute Gasteiger partial charge is 0.345 e. The summed E-state index contributed by atoms with van der Waals surface area (Å²) in [5.74, 6) is 3.69. The number of nitrogens with zero attached hydrogens (tertiary/aromatic N) is 2. The predicted octanol–water partition coefficient (Wildman–Crippen LogP) is 2.80. The molecule has 2 rings (SSSR count). The van der Waals surface area contributed by atoms with Crippen molar-refractivity contribution in [2.24, 2.45) is 0 Å². The highest BCUT2D eigenvalue weighted by atomic mass is 15.2. The van der Waals surface area contributed by atoms with Crippen LogP contribution in [0.15, 0.2) is 30.3 Å². The first-order valence-corrected chi connectivity index (χ1v) is 7.01. The second-order valence-corrected chi connectivity index (χ2v) is 4.81. The van der Waals surface area contributed by atoms with Gasteiger partial charge in [-0.25, -0.2) is 4.98 Å². The van der Waals surface area contributed by atoms with Crippen LogP contribution in [0.5, 0.6) is 0 Å². The minimum absolute atomic E-state index is 0.595. The van der Waals surface area contributed by atoms with Gasteiger partial charge in [0.15, 0.2) is 0 Å².